The van der Waals surface area contributed by atoms with Crippen LogP contribution in [0.25, 0.3) is 11.4 Å². The van der Waals surface area contributed by atoms with Gasteiger partial charge in [-0.2, -0.15) is 0 Å². The summed E-state index contributed by atoms with van der Waals surface area (Å²) in [7, 11) is 0. The van der Waals surface area contributed by atoms with Gasteiger partial charge < -0.3 is 10.7 Å². The smallest absolute Gasteiger partial charge is 0.276 e. The predicted molar refractivity (Wildman–Crippen MR) is 78.2 cm³/mol. The lowest BCUT2D eigenvalue weighted by atomic mass is 10.2. The van der Waals surface area contributed by atoms with Gasteiger partial charge in [0, 0.05) is 15.6 Å². The highest BCUT2D eigenvalue weighted by atomic mass is 35.5. The summed E-state index contributed by atoms with van der Waals surface area (Å²) in [5, 5.41) is 10.2. The normalized spacial score (nSPS) is 10.3. The van der Waals surface area contributed by atoms with Crippen molar-refractivity contribution in [2.45, 2.75) is 6.92 Å². The Balaban J connectivity index is 2.40. The van der Waals surface area contributed by atoms with Crippen molar-refractivity contribution < 1.29 is 4.79 Å². The zero-order chi connectivity index (χ0) is 14.9. The highest BCUT2D eigenvalue weighted by Crippen LogP contribution is 2.26. The third-order valence-corrected chi connectivity index (χ3v) is 2.93. The minimum Gasteiger partial charge on any atom is -0.370 e. The fourth-order valence-electron chi connectivity index (χ4n) is 1.69. The SMILES string of the molecule is Cc1nc(-c2cc(Cl)cc(Cl)c2)[nH]c1C(=O)NC(=N)N. The molecule has 0 atom stereocenters. The monoisotopic (exact) mass is 311 g/mol. The number of rotatable bonds is 2. The Labute approximate surface area is 124 Å². The van der Waals surface area contributed by atoms with E-state index in [0.717, 1.165) is 0 Å². The second-order valence-electron chi connectivity index (χ2n) is 4.07. The molecule has 0 fully saturated rings. The standard InChI is InChI=1S/C12H11Cl2N5O/c1-5-9(11(20)19-12(15)16)18-10(17-5)6-2-7(13)4-8(14)3-6/h2-4H,1H3,(H,17,18)(H4,15,16,19,20). The van der Waals surface area contributed by atoms with Gasteiger partial charge in [-0.1, -0.05) is 23.2 Å². The highest BCUT2D eigenvalue weighted by molar-refractivity contribution is 6.35. The van der Waals surface area contributed by atoms with Crippen LogP contribution in [0, 0.1) is 12.3 Å². The van der Waals surface area contributed by atoms with Crippen LogP contribution < -0.4 is 11.1 Å². The molecular formula is C12H11Cl2N5O. The largest absolute Gasteiger partial charge is 0.370 e. The number of imidazole rings is 1. The first-order valence-electron chi connectivity index (χ1n) is 5.55. The summed E-state index contributed by atoms with van der Waals surface area (Å²) in [5.41, 5.74) is 6.49. The van der Waals surface area contributed by atoms with Gasteiger partial charge in [-0.3, -0.25) is 15.5 Å². The van der Waals surface area contributed by atoms with Crippen molar-refractivity contribution in [3.63, 3.8) is 0 Å². The van der Waals surface area contributed by atoms with E-state index in [2.05, 4.69) is 15.3 Å². The van der Waals surface area contributed by atoms with Crippen molar-refractivity contribution in [2.24, 2.45) is 5.73 Å². The van der Waals surface area contributed by atoms with Gasteiger partial charge in [0.05, 0.1) is 5.69 Å². The average Bonchev–Trinajstić information content (AvgIpc) is 2.69. The molecular weight excluding hydrogens is 301 g/mol. The van der Waals surface area contributed by atoms with E-state index in [4.69, 9.17) is 34.3 Å². The number of guanidine groups is 1. The predicted octanol–water partition coefficient (Wildman–Crippen LogP) is 2.32. The molecule has 0 aliphatic carbocycles. The van der Waals surface area contributed by atoms with Crippen molar-refractivity contribution in [1.82, 2.24) is 15.3 Å². The summed E-state index contributed by atoms with van der Waals surface area (Å²) in [6.07, 6.45) is 0. The number of aromatic nitrogens is 2. The van der Waals surface area contributed by atoms with Gasteiger partial charge in [-0.25, -0.2) is 4.98 Å². The molecule has 0 aliphatic rings. The van der Waals surface area contributed by atoms with Crippen LogP contribution in [0.3, 0.4) is 0 Å². The van der Waals surface area contributed by atoms with Crippen molar-refractivity contribution in [3.05, 3.63) is 39.6 Å². The summed E-state index contributed by atoms with van der Waals surface area (Å²) in [5.74, 6) is -0.501. The summed E-state index contributed by atoms with van der Waals surface area (Å²) in [4.78, 5) is 18.9. The number of hydrogen-bond donors (Lipinski definition) is 4. The molecule has 0 radical (unpaired) electrons. The van der Waals surface area contributed by atoms with Gasteiger partial charge in [0.1, 0.15) is 11.5 Å². The number of carbonyl (C=O) groups excluding carboxylic acids is 1. The molecule has 6 nitrogen and oxygen atoms in total. The lowest BCUT2D eigenvalue weighted by Crippen LogP contribution is -2.36. The number of nitrogens with one attached hydrogen (secondary N) is 3. The second kappa shape index (κ2) is 5.52. The minimum absolute atomic E-state index is 0.228. The molecule has 5 N–H and O–H groups in total. The number of hydrogen-bond acceptors (Lipinski definition) is 3. The average molecular weight is 312 g/mol. The Kier molecular flexibility index (Phi) is 3.96. The lowest BCUT2D eigenvalue weighted by molar-refractivity contribution is 0.0971. The Morgan fingerprint density at radius 3 is 2.50 bits per heavy atom. The number of nitrogens with zero attached hydrogens (tertiary/aromatic N) is 1. The summed E-state index contributed by atoms with van der Waals surface area (Å²) in [6, 6.07) is 4.96. The summed E-state index contributed by atoms with van der Waals surface area (Å²) in [6.45, 7) is 1.67. The topological polar surface area (TPSA) is 108 Å². The van der Waals surface area contributed by atoms with E-state index in [0.29, 0.717) is 27.1 Å². The van der Waals surface area contributed by atoms with E-state index in [1.165, 1.54) is 0 Å². The number of halogens is 2. The van der Waals surface area contributed by atoms with Crippen LogP contribution in [-0.2, 0) is 0 Å². The second-order valence-corrected chi connectivity index (χ2v) is 4.94. The number of aryl methyl sites for hydroxylation is 1. The molecule has 0 saturated carbocycles. The van der Waals surface area contributed by atoms with E-state index in [1.807, 2.05) is 0 Å². The Morgan fingerprint density at radius 1 is 1.35 bits per heavy atom. The lowest BCUT2D eigenvalue weighted by Gasteiger charge is -2.01. The molecule has 0 saturated heterocycles. The maximum atomic E-state index is 11.8. The molecule has 8 heteroatoms. The molecule has 2 aromatic rings. The first-order valence-corrected chi connectivity index (χ1v) is 6.31. The van der Waals surface area contributed by atoms with E-state index < -0.39 is 11.9 Å². The van der Waals surface area contributed by atoms with Crippen LogP contribution >= 0.6 is 23.2 Å². The molecule has 1 heterocycles. The van der Waals surface area contributed by atoms with Crippen LogP contribution in [-0.4, -0.2) is 21.8 Å². The number of nitrogens with two attached hydrogens (primary N) is 1. The van der Waals surface area contributed by atoms with Crippen LogP contribution in [0.15, 0.2) is 18.2 Å². The Hall–Kier alpha value is -2.05. The zero-order valence-electron chi connectivity index (χ0n) is 10.4. The molecule has 0 spiro atoms. The number of aromatic amines is 1. The number of H-pyrrole nitrogens is 1. The van der Waals surface area contributed by atoms with Gasteiger partial charge in [0.25, 0.3) is 5.91 Å². The number of benzene rings is 1. The Morgan fingerprint density at radius 2 is 1.95 bits per heavy atom. The van der Waals surface area contributed by atoms with E-state index in [9.17, 15) is 4.79 Å². The molecule has 104 valence electrons. The molecule has 2 rings (SSSR count). The molecule has 1 aromatic carbocycles. The fourth-order valence-corrected chi connectivity index (χ4v) is 2.22. The molecule has 20 heavy (non-hydrogen) atoms. The molecule has 0 unspecified atom stereocenters. The van der Waals surface area contributed by atoms with Crippen LogP contribution in [0.4, 0.5) is 0 Å². The first kappa shape index (κ1) is 14.4. The first-order chi connectivity index (χ1) is 9.36. The van der Waals surface area contributed by atoms with Crippen molar-refractivity contribution in [2.75, 3.05) is 0 Å². The van der Waals surface area contributed by atoms with E-state index in [1.54, 1.807) is 25.1 Å². The van der Waals surface area contributed by atoms with Gasteiger partial charge >= 0.3 is 0 Å². The van der Waals surface area contributed by atoms with Gasteiger partial charge in [-0.05, 0) is 25.1 Å². The summed E-state index contributed by atoms with van der Waals surface area (Å²) >= 11 is 11.9. The third kappa shape index (κ3) is 3.09. The van der Waals surface area contributed by atoms with Crippen LogP contribution in [0.2, 0.25) is 10.0 Å². The molecule has 0 bridgehead atoms. The number of carbonyl (C=O) groups is 1. The molecule has 1 aromatic heterocycles. The summed E-state index contributed by atoms with van der Waals surface area (Å²) < 4.78 is 0. The van der Waals surface area contributed by atoms with Gasteiger partial charge in [0.2, 0.25) is 0 Å². The quantitative estimate of drug-likeness (QED) is 0.505. The minimum atomic E-state index is -0.526. The van der Waals surface area contributed by atoms with Crippen molar-refractivity contribution in [3.8, 4) is 11.4 Å². The van der Waals surface area contributed by atoms with Crippen LogP contribution in [0.5, 0.6) is 0 Å². The Bertz CT molecular complexity index is 675. The highest BCUT2D eigenvalue weighted by Gasteiger charge is 2.16. The van der Waals surface area contributed by atoms with Gasteiger partial charge in [-0.15, -0.1) is 0 Å². The zero-order valence-corrected chi connectivity index (χ0v) is 11.9. The number of amides is 1. The molecule has 1 amide bonds. The maximum absolute atomic E-state index is 11.8. The fraction of sp³-hybridized carbons (Fsp3) is 0.0833. The molecule has 0 aliphatic heterocycles. The van der Waals surface area contributed by atoms with Crippen LogP contribution in [0.1, 0.15) is 16.2 Å². The van der Waals surface area contributed by atoms with Crippen molar-refractivity contribution in [1.29, 1.82) is 5.41 Å². The third-order valence-electron chi connectivity index (χ3n) is 2.50. The van der Waals surface area contributed by atoms with E-state index >= 15 is 0 Å². The van der Waals surface area contributed by atoms with Gasteiger partial charge in [0.15, 0.2) is 5.96 Å². The van der Waals surface area contributed by atoms with Crippen molar-refractivity contribution >= 4 is 35.1 Å². The van der Waals surface area contributed by atoms with E-state index in [-0.39, 0.29) is 5.69 Å². The maximum Gasteiger partial charge on any atom is 0.276 e.